The first-order valence-corrected chi connectivity index (χ1v) is 10.6. The number of hydrogen-bond acceptors (Lipinski definition) is 5. The largest absolute Gasteiger partial charge is 0.397 e. The Morgan fingerprint density at radius 2 is 1.47 bits per heavy atom. The van der Waals surface area contributed by atoms with E-state index in [0.29, 0.717) is 16.9 Å². The molecule has 0 radical (unpaired) electrons. The molecule has 0 atom stereocenters. The monoisotopic (exact) mass is 449 g/mol. The van der Waals surface area contributed by atoms with Crippen molar-refractivity contribution in [3.63, 3.8) is 0 Å². The van der Waals surface area contributed by atoms with Crippen molar-refractivity contribution in [2.75, 3.05) is 11.1 Å². The average molecular weight is 450 g/mol. The molecule has 0 bridgehead atoms. The third-order valence-corrected chi connectivity index (χ3v) is 5.13. The molecule has 4 rings (SSSR count). The second-order valence-corrected chi connectivity index (χ2v) is 7.51. The number of carbonyl (C=O) groups excluding carboxylic acids is 2. The molecule has 7 nitrogen and oxygen atoms in total. The maximum Gasteiger partial charge on any atom is 0.255 e. The minimum atomic E-state index is -0.379. The van der Waals surface area contributed by atoms with Gasteiger partial charge >= 0.3 is 0 Å². The van der Waals surface area contributed by atoms with E-state index < -0.39 is 0 Å². The lowest BCUT2D eigenvalue weighted by Crippen LogP contribution is -2.27. The molecule has 34 heavy (non-hydrogen) atoms. The Morgan fingerprint density at radius 1 is 0.824 bits per heavy atom. The van der Waals surface area contributed by atoms with Gasteiger partial charge in [0.2, 0.25) is 5.91 Å². The Hall–Kier alpha value is -4.78. The average Bonchev–Trinajstić information content (AvgIpc) is 2.88. The van der Waals surface area contributed by atoms with Gasteiger partial charge in [0, 0.05) is 36.4 Å². The van der Waals surface area contributed by atoms with E-state index in [-0.39, 0.29) is 17.9 Å². The van der Waals surface area contributed by atoms with Crippen molar-refractivity contribution in [1.29, 1.82) is 0 Å². The lowest BCUT2D eigenvalue weighted by Gasteiger charge is -2.18. The van der Waals surface area contributed by atoms with E-state index in [2.05, 4.69) is 20.6 Å². The zero-order valence-corrected chi connectivity index (χ0v) is 18.3. The first-order valence-electron chi connectivity index (χ1n) is 10.6. The van der Waals surface area contributed by atoms with E-state index in [9.17, 15) is 9.59 Å². The van der Waals surface area contributed by atoms with Gasteiger partial charge in [-0.1, -0.05) is 36.4 Å². The number of carbonyl (C=O) groups is 2. The van der Waals surface area contributed by atoms with Crippen LogP contribution in [0.25, 0.3) is 6.08 Å². The second-order valence-electron chi connectivity index (χ2n) is 7.51. The molecule has 0 spiro atoms. The standard InChI is InChI=1S/C27H23N5O2/c28-23-7-1-2-8-24(23)31-27(34)20-12-9-19(10-13-20)11-14-25(33)32-26(21-5-3-15-29-17-21)22-6-4-16-30-18-22/h1-18,26H,28H2,(H,31,34)(H,32,33)/b14-11+. The van der Waals surface area contributed by atoms with Crippen molar-refractivity contribution < 1.29 is 9.59 Å². The highest BCUT2D eigenvalue weighted by atomic mass is 16.2. The molecule has 0 unspecified atom stereocenters. The normalized spacial score (nSPS) is 10.9. The van der Waals surface area contributed by atoms with Crippen molar-refractivity contribution >= 4 is 29.3 Å². The molecule has 2 aromatic heterocycles. The van der Waals surface area contributed by atoms with Crippen LogP contribution in [-0.4, -0.2) is 21.8 Å². The Balaban J connectivity index is 1.42. The van der Waals surface area contributed by atoms with Crippen LogP contribution >= 0.6 is 0 Å². The highest BCUT2D eigenvalue weighted by Gasteiger charge is 2.16. The molecule has 4 aromatic rings. The van der Waals surface area contributed by atoms with E-state index in [1.54, 1.807) is 79.4 Å². The summed E-state index contributed by atoms with van der Waals surface area (Å²) < 4.78 is 0. The molecule has 0 aliphatic heterocycles. The smallest absolute Gasteiger partial charge is 0.255 e. The van der Waals surface area contributed by atoms with Gasteiger partial charge in [-0.2, -0.15) is 0 Å². The quantitative estimate of drug-likeness (QED) is 0.289. The van der Waals surface area contributed by atoms with Gasteiger partial charge in [0.05, 0.1) is 17.4 Å². The molecular weight excluding hydrogens is 426 g/mol. The van der Waals surface area contributed by atoms with Crippen LogP contribution in [0, 0.1) is 0 Å². The van der Waals surface area contributed by atoms with Gasteiger partial charge in [-0.15, -0.1) is 0 Å². The Labute approximate surface area is 197 Å². The van der Waals surface area contributed by atoms with E-state index in [4.69, 9.17) is 5.73 Å². The van der Waals surface area contributed by atoms with Gasteiger partial charge in [0.25, 0.3) is 5.91 Å². The molecule has 0 saturated carbocycles. The summed E-state index contributed by atoms with van der Waals surface area (Å²) in [6.45, 7) is 0. The topological polar surface area (TPSA) is 110 Å². The fourth-order valence-corrected chi connectivity index (χ4v) is 3.37. The third-order valence-electron chi connectivity index (χ3n) is 5.13. The number of nitrogens with two attached hydrogens (primary N) is 1. The number of pyridine rings is 2. The predicted octanol–water partition coefficient (Wildman–Crippen LogP) is 4.23. The number of amides is 2. The van der Waals surface area contributed by atoms with E-state index in [1.807, 2.05) is 24.3 Å². The minimum absolute atomic E-state index is 0.262. The minimum Gasteiger partial charge on any atom is -0.397 e. The second kappa shape index (κ2) is 10.7. The van der Waals surface area contributed by atoms with Crippen LogP contribution in [0.2, 0.25) is 0 Å². The van der Waals surface area contributed by atoms with Crippen LogP contribution in [0.15, 0.2) is 104 Å². The predicted molar refractivity (Wildman–Crippen MR) is 133 cm³/mol. The van der Waals surface area contributed by atoms with Gasteiger partial charge < -0.3 is 16.4 Å². The zero-order valence-electron chi connectivity index (χ0n) is 18.3. The maximum atomic E-state index is 12.7. The fourth-order valence-electron chi connectivity index (χ4n) is 3.37. The Morgan fingerprint density at radius 3 is 2.06 bits per heavy atom. The van der Waals surface area contributed by atoms with E-state index >= 15 is 0 Å². The van der Waals surface area contributed by atoms with Crippen molar-refractivity contribution in [2.45, 2.75) is 6.04 Å². The first kappa shape index (κ1) is 22.4. The number of aromatic nitrogens is 2. The number of para-hydroxylation sites is 2. The van der Waals surface area contributed by atoms with Crippen molar-refractivity contribution in [3.8, 4) is 0 Å². The van der Waals surface area contributed by atoms with Crippen molar-refractivity contribution in [3.05, 3.63) is 126 Å². The molecule has 0 fully saturated rings. The number of benzene rings is 2. The van der Waals surface area contributed by atoms with Gasteiger partial charge in [0.15, 0.2) is 0 Å². The van der Waals surface area contributed by atoms with Crippen molar-refractivity contribution in [1.82, 2.24) is 15.3 Å². The lowest BCUT2D eigenvalue weighted by atomic mass is 10.0. The molecule has 2 aromatic carbocycles. The highest BCUT2D eigenvalue weighted by molar-refractivity contribution is 6.05. The Bertz CT molecular complexity index is 1250. The number of anilines is 2. The number of rotatable bonds is 7. The van der Waals surface area contributed by atoms with Gasteiger partial charge in [-0.3, -0.25) is 19.6 Å². The summed E-state index contributed by atoms with van der Waals surface area (Å²) in [6, 6.07) is 21.1. The molecule has 4 N–H and O–H groups in total. The van der Waals surface area contributed by atoms with Crippen LogP contribution < -0.4 is 16.4 Å². The SMILES string of the molecule is Nc1ccccc1NC(=O)c1ccc(/C=C/C(=O)NC(c2cccnc2)c2cccnc2)cc1. The summed E-state index contributed by atoms with van der Waals surface area (Å²) in [7, 11) is 0. The van der Waals surface area contributed by atoms with E-state index in [0.717, 1.165) is 16.7 Å². The van der Waals surface area contributed by atoms with Gasteiger partial charge in [-0.25, -0.2) is 0 Å². The summed E-state index contributed by atoms with van der Waals surface area (Å²) in [6.07, 6.45) is 9.95. The summed E-state index contributed by atoms with van der Waals surface area (Å²) in [5, 5.41) is 5.79. The van der Waals surface area contributed by atoms with Gasteiger partial charge in [-0.05, 0) is 59.2 Å². The molecule has 0 aliphatic rings. The number of nitrogen functional groups attached to an aromatic ring is 1. The summed E-state index contributed by atoms with van der Waals surface area (Å²) in [4.78, 5) is 33.5. The lowest BCUT2D eigenvalue weighted by molar-refractivity contribution is -0.116. The van der Waals surface area contributed by atoms with Crippen LogP contribution in [0.4, 0.5) is 11.4 Å². The number of hydrogen-bond donors (Lipinski definition) is 3. The highest BCUT2D eigenvalue weighted by Crippen LogP contribution is 2.21. The van der Waals surface area contributed by atoms with Gasteiger partial charge in [0.1, 0.15) is 0 Å². The zero-order chi connectivity index (χ0) is 23.8. The van der Waals surface area contributed by atoms with E-state index in [1.165, 1.54) is 6.08 Å². The van der Waals surface area contributed by atoms with Crippen LogP contribution in [-0.2, 0) is 4.79 Å². The van der Waals surface area contributed by atoms with Crippen LogP contribution in [0.3, 0.4) is 0 Å². The van der Waals surface area contributed by atoms with Crippen molar-refractivity contribution in [2.24, 2.45) is 0 Å². The maximum absolute atomic E-state index is 12.7. The molecule has 0 saturated heterocycles. The summed E-state index contributed by atoms with van der Waals surface area (Å²) in [5.74, 6) is -0.527. The molecule has 0 aliphatic carbocycles. The third kappa shape index (κ3) is 5.72. The molecular formula is C27H23N5O2. The summed E-state index contributed by atoms with van der Waals surface area (Å²) in [5.41, 5.74) is 9.91. The summed E-state index contributed by atoms with van der Waals surface area (Å²) >= 11 is 0. The van der Waals surface area contributed by atoms with Crippen LogP contribution in [0.1, 0.15) is 33.1 Å². The number of nitrogens with one attached hydrogen (secondary N) is 2. The number of nitrogens with zero attached hydrogens (tertiary/aromatic N) is 2. The molecule has 7 heteroatoms. The molecule has 2 amide bonds. The molecule has 168 valence electrons. The fraction of sp³-hybridized carbons (Fsp3) is 0.0370. The first-order chi connectivity index (χ1) is 16.6. The Kier molecular flexibility index (Phi) is 7.05. The van der Waals surface area contributed by atoms with Crippen LogP contribution in [0.5, 0.6) is 0 Å². The molecule has 2 heterocycles.